The zero-order valence-electron chi connectivity index (χ0n) is 5.65. The summed E-state index contributed by atoms with van der Waals surface area (Å²) in [5.41, 5.74) is 0.731. The average Bonchev–Trinajstić information content (AvgIpc) is 1.88. The Hall–Kier alpha value is -1.45. The van der Waals surface area contributed by atoms with Crippen LogP contribution in [0.2, 0.25) is 0 Å². The molecule has 4 nitrogen and oxygen atoms in total. The molecule has 52 valence electrons. The quantitative estimate of drug-likeness (QED) is 0.338. The fraction of sp³-hybridized carbons (Fsp3) is 0.167. The molecule has 0 aliphatic carbocycles. The van der Waals surface area contributed by atoms with Gasteiger partial charge in [-0.2, -0.15) is 5.10 Å². The molecule has 0 fully saturated rings. The van der Waals surface area contributed by atoms with Crippen LogP contribution >= 0.6 is 0 Å². The number of rotatable bonds is 1. The number of aryl methyl sites for hydroxylation is 1. The van der Waals surface area contributed by atoms with Gasteiger partial charge in [-0.15, -0.1) is 0 Å². The SMILES string of the molecule is Cc1nccc(/C=N/N)n1. The second kappa shape index (κ2) is 2.91. The fourth-order valence-corrected chi connectivity index (χ4v) is 0.623. The van der Waals surface area contributed by atoms with E-state index in [1.807, 2.05) is 6.92 Å². The molecule has 10 heavy (non-hydrogen) atoms. The van der Waals surface area contributed by atoms with Crippen molar-refractivity contribution in [3.8, 4) is 0 Å². The van der Waals surface area contributed by atoms with Crippen molar-refractivity contribution in [2.24, 2.45) is 10.9 Å². The largest absolute Gasteiger partial charge is 0.323 e. The number of aromatic nitrogens is 2. The van der Waals surface area contributed by atoms with Crippen LogP contribution < -0.4 is 5.84 Å². The monoisotopic (exact) mass is 136 g/mol. The Bertz CT molecular complexity index is 243. The molecule has 0 aromatic carbocycles. The summed E-state index contributed by atoms with van der Waals surface area (Å²) in [6.07, 6.45) is 3.15. The summed E-state index contributed by atoms with van der Waals surface area (Å²) in [4.78, 5) is 7.93. The maximum atomic E-state index is 4.92. The van der Waals surface area contributed by atoms with Crippen molar-refractivity contribution in [2.75, 3.05) is 0 Å². The lowest BCUT2D eigenvalue weighted by atomic mass is 10.4. The summed E-state index contributed by atoms with van der Waals surface area (Å²) in [5, 5.41) is 3.33. The van der Waals surface area contributed by atoms with E-state index in [1.165, 1.54) is 6.21 Å². The number of nitrogens with two attached hydrogens (primary N) is 1. The number of hydrogen-bond acceptors (Lipinski definition) is 4. The van der Waals surface area contributed by atoms with Crippen LogP contribution in [0.1, 0.15) is 11.5 Å². The van der Waals surface area contributed by atoms with E-state index in [4.69, 9.17) is 5.84 Å². The first-order chi connectivity index (χ1) is 4.83. The molecule has 1 heterocycles. The summed E-state index contributed by atoms with van der Waals surface area (Å²) in [6.45, 7) is 1.81. The lowest BCUT2D eigenvalue weighted by Gasteiger charge is -1.90. The van der Waals surface area contributed by atoms with Gasteiger partial charge in [0, 0.05) is 6.20 Å². The van der Waals surface area contributed by atoms with E-state index in [1.54, 1.807) is 12.3 Å². The smallest absolute Gasteiger partial charge is 0.125 e. The second-order valence-electron chi connectivity index (χ2n) is 1.81. The molecule has 0 atom stereocenters. The first-order valence-corrected chi connectivity index (χ1v) is 2.86. The number of hydrogen-bond donors (Lipinski definition) is 1. The molecule has 2 N–H and O–H groups in total. The highest BCUT2D eigenvalue weighted by Crippen LogP contribution is 1.89. The predicted molar refractivity (Wildman–Crippen MR) is 38.6 cm³/mol. The summed E-state index contributed by atoms with van der Waals surface area (Å²) in [6, 6.07) is 1.74. The Kier molecular flexibility index (Phi) is 1.94. The maximum absolute atomic E-state index is 4.92. The van der Waals surface area contributed by atoms with Crippen LogP contribution in [0, 0.1) is 6.92 Å². The fourth-order valence-electron chi connectivity index (χ4n) is 0.623. The first-order valence-electron chi connectivity index (χ1n) is 2.86. The molecule has 0 spiro atoms. The Morgan fingerprint density at radius 3 is 3.10 bits per heavy atom. The first kappa shape index (κ1) is 6.67. The molecule has 4 heteroatoms. The molecule has 0 bridgehead atoms. The molecule has 0 amide bonds. The van der Waals surface area contributed by atoms with Crippen LogP contribution in [0.4, 0.5) is 0 Å². The van der Waals surface area contributed by atoms with Gasteiger partial charge in [-0.3, -0.25) is 0 Å². The third-order valence-corrected chi connectivity index (χ3v) is 1.00. The molecular formula is C6H8N4. The van der Waals surface area contributed by atoms with Gasteiger partial charge in [0.1, 0.15) is 5.82 Å². The highest BCUT2D eigenvalue weighted by molar-refractivity contribution is 5.76. The predicted octanol–water partition coefficient (Wildman–Crippen LogP) is 0.0776. The Morgan fingerprint density at radius 1 is 1.70 bits per heavy atom. The van der Waals surface area contributed by atoms with E-state index >= 15 is 0 Å². The molecule has 1 rings (SSSR count). The van der Waals surface area contributed by atoms with Crippen molar-refractivity contribution in [1.29, 1.82) is 0 Å². The lowest BCUT2D eigenvalue weighted by Crippen LogP contribution is -1.94. The minimum atomic E-state index is 0.720. The maximum Gasteiger partial charge on any atom is 0.125 e. The topological polar surface area (TPSA) is 64.2 Å². The van der Waals surface area contributed by atoms with Crippen LogP contribution in [0.25, 0.3) is 0 Å². The van der Waals surface area contributed by atoms with Crippen molar-refractivity contribution in [3.05, 3.63) is 23.8 Å². The molecule has 1 aromatic heterocycles. The van der Waals surface area contributed by atoms with Crippen molar-refractivity contribution in [1.82, 2.24) is 9.97 Å². The Morgan fingerprint density at radius 2 is 2.50 bits per heavy atom. The van der Waals surface area contributed by atoms with Gasteiger partial charge in [0.25, 0.3) is 0 Å². The van der Waals surface area contributed by atoms with Crippen LogP contribution in [0.3, 0.4) is 0 Å². The van der Waals surface area contributed by atoms with Crippen molar-refractivity contribution < 1.29 is 0 Å². The van der Waals surface area contributed by atoms with E-state index in [0.717, 1.165) is 11.5 Å². The number of hydrazone groups is 1. The lowest BCUT2D eigenvalue weighted by molar-refractivity contribution is 1.04. The summed E-state index contributed by atoms with van der Waals surface area (Å²) >= 11 is 0. The van der Waals surface area contributed by atoms with E-state index in [9.17, 15) is 0 Å². The van der Waals surface area contributed by atoms with Gasteiger partial charge in [0.05, 0.1) is 11.9 Å². The molecule has 0 aliphatic heterocycles. The van der Waals surface area contributed by atoms with E-state index < -0.39 is 0 Å². The highest BCUT2D eigenvalue weighted by atomic mass is 15.1. The standard InChI is InChI=1S/C6H8N4/c1-5-8-3-2-6(10-5)4-9-7/h2-4H,7H2,1H3/b9-4+. The zero-order valence-corrected chi connectivity index (χ0v) is 5.65. The summed E-state index contributed by atoms with van der Waals surface area (Å²) < 4.78 is 0. The van der Waals surface area contributed by atoms with Gasteiger partial charge < -0.3 is 5.84 Å². The third kappa shape index (κ3) is 1.51. The van der Waals surface area contributed by atoms with Gasteiger partial charge in [-0.25, -0.2) is 9.97 Å². The minimum Gasteiger partial charge on any atom is -0.323 e. The summed E-state index contributed by atoms with van der Waals surface area (Å²) in [7, 11) is 0. The molecular weight excluding hydrogens is 128 g/mol. The van der Waals surface area contributed by atoms with Crippen molar-refractivity contribution in [2.45, 2.75) is 6.92 Å². The van der Waals surface area contributed by atoms with Gasteiger partial charge in [0.15, 0.2) is 0 Å². The van der Waals surface area contributed by atoms with Crippen molar-refractivity contribution >= 4 is 6.21 Å². The van der Waals surface area contributed by atoms with Gasteiger partial charge in [-0.1, -0.05) is 0 Å². The minimum absolute atomic E-state index is 0.720. The zero-order chi connectivity index (χ0) is 7.40. The molecule has 0 aliphatic rings. The van der Waals surface area contributed by atoms with Gasteiger partial charge in [0.2, 0.25) is 0 Å². The second-order valence-corrected chi connectivity index (χ2v) is 1.81. The molecule has 0 radical (unpaired) electrons. The Labute approximate surface area is 58.8 Å². The normalized spacial score (nSPS) is 10.5. The van der Waals surface area contributed by atoms with Crippen LogP contribution in [0.5, 0.6) is 0 Å². The van der Waals surface area contributed by atoms with Crippen molar-refractivity contribution in [3.63, 3.8) is 0 Å². The molecule has 0 unspecified atom stereocenters. The van der Waals surface area contributed by atoms with Crippen LogP contribution in [-0.4, -0.2) is 16.2 Å². The third-order valence-electron chi connectivity index (χ3n) is 1.00. The van der Waals surface area contributed by atoms with E-state index in [0.29, 0.717) is 0 Å². The highest BCUT2D eigenvalue weighted by Gasteiger charge is 1.88. The average molecular weight is 136 g/mol. The Balaban J connectivity index is 2.95. The van der Waals surface area contributed by atoms with E-state index in [-0.39, 0.29) is 0 Å². The van der Waals surface area contributed by atoms with Crippen LogP contribution in [0.15, 0.2) is 17.4 Å². The van der Waals surface area contributed by atoms with Gasteiger partial charge >= 0.3 is 0 Å². The van der Waals surface area contributed by atoms with E-state index in [2.05, 4.69) is 15.1 Å². The molecule has 1 aromatic rings. The number of nitrogens with zero attached hydrogens (tertiary/aromatic N) is 3. The summed E-state index contributed by atoms with van der Waals surface area (Å²) in [5.74, 6) is 5.64. The molecule has 0 saturated heterocycles. The molecule has 0 saturated carbocycles. The van der Waals surface area contributed by atoms with Crippen LogP contribution in [-0.2, 0) is 0 Å². The van der Waals surface area contributed by atoms with Gasteiger partial charge in [-0.05, 0) is 13.0 Å².